The Hall–Kier alpha value is -0.780. The standard InChI is InChI=1S/C5H8FNO3S/c1-7-5(10)3(11-6)2-4(8)9/h3H,2H2,1H3,(H,7,10)(H,8,9). The van der Waals surface area contributed by atoms with E-state index in [1.807, 2.05) is 0 Å². The highest BCUT2D eigenvalue weighted by Gasteiger charge is 2.21. The monoisotopic (exact) mass is 181 g/mol. The summed E-state index contributed by atoms with van der Waals surface area (Å²) in [5.74, 6) is -1.80. The summed E-state index contributed by atoms with van der Waals surface area (Å²) in [6, 6.07) is 0. The largest absolute Gasteiger partial charge is 0.481 e. The molecule has 0 fully saturated rings. The van der Waals surface area contributed by atoms with Gasteiger partial charge in [0.2, 0.25) is 5.91 Å². The van der Waals surface area contributed by atoms with Gasteiger partial charge in [0.15, 0.2) is 0 Å². The first-order valence-electron chi connectivity index (χ1n) is 2.82. The SMILES string of the molecule is CNC(=O)C(CC(=O)O)SF. The summed E-state index contributed by atoms with van der Waals surface area (Å²) in [6.45, 7) is 0. The van der Waals surface area contributed by atoms with Gasteiger partial charge >= 0.3 is 5.97 Å². The van der Waals surface area contributed by atoms with Crippen molar-refractivity contribution in [2.45, 2.75) is 11.7 Å². The minimum atomic E-state index is -1.19. The van der Waals surface area contributed by atoms with E-state index in [0.29, 0.717) is 0 Å². The van der Waals surface area contributed by atoms with Crippen molar-refractivity contribution in [1.82, 2.24) is 5.32 Å². The van der Waals surface area contributed by atoms with Gasteiger partial charge in [-0.3, -0.25) is 9.59 Å². The number of hydrogen-bond donors (Lipinski definition) is 2. The van der Waals surface area contributed by atoms with Crippen molar-refractivity contribution in [2.75, 3.05) is 7.05 Å². The van der Waals surface area contributed by atoms with Crippen LogP contribution in [0.25, 0.3) is 0 Å². The second-order valence-electron chi connectivity index (χ2n) is 1.79. The molecule has 0 aliphatic rings. The second kappa shape index (κ2) is 4.95. The zero-order chi connectivity index (χ0) is 8.85. The molecule has 6 heteroatoms. The van der Waals surface area contributed by atoms with E-state index in [9.17, 15) is 13.5 Å². The van der Waals surface area contributed by atoms with E-state index in [1.54, 1.807) is 0 Å². The first-order chi connectivity index (χ1) is 5.11. The Morgan fingerprint density at radius 2 is 2.27 bits per heavy atom. The van der Waals surface area contributed by atoms with Crippen molar-refractivity contribution < 1.29 is 18.6 Å². The lowest BCUT2D eigenvalue weighted by Crippen LogP contribution is -2.30. The number of carboxylic acids is 1. The number of hydrogen-bond acceptors (Lipinski definition) is 3. The molecular weight excluding hydrogens is 173 g/mol. The number of aliphatic carboxylic acids is 1. The van der Waals surface area contributed by atoms with Gasteiger partial charge in [-0.25, -0.2) is 0 Å². The molecule has 0 radical (unpaired) electrons. The van der Waals surface area contributed by atoms with Crippen LogP contribution in [0.2, 0.25) is 0 Å². The van der Waals surface area contributed by atoms with Crippen LogP contribution in [0.15, 0.2) is 0 Å². The normalized spacial score (nSPS) is 12.2. The fourth-order valence-electron chi connectivity index (χ4n) is 0.484. The fraction of sp³-hybridized carbons (Fsp3) is 0.600. The zero-order valence-corrected chi connectivity index (χ0v) is 6.65. The van der Waals surface area contributed by atoms with Crippen molar-refractivity contribution in [2.24, 2.45) is 0 Å². The van der Waals surface area contributed by atoms with Crippen LogP contribution in [0, 0.1) is 0 Å². The molecule has 64 valence electrons. The number of carbonyl (C=O) groups excluding carboxylic acids is 1. The molecule has 0 spiro atoms. The number of carboxylic acid groups (broad SMARTS) is 1. The maximum absolute atomic E-state index is 11.8. The van der Waals surface area contributed by atoms with Crippen LogP contribution in [0.3, 0.4) is 0 Å². The smallest absolute Gasteiger partial charge is 0.305 e. The Morgan fingerprint density at radius 1 is 1.73 bits per heavy atom. The molecule has 0 saturated carbocycles. The van der Waals surface area contributed by atoms with Crippen LogP contribution < -0.4 is 5.32 Å². The molecular formula is C5H8FNO3S. The summed E-state index contributed by atoms with van der Waals surface area (Å²) >= 11 is -0.262. The molecule has 0 aromatic carbocycles. The molecule has 0 heterocycles. The first kappa shape index (κ1) is 10.2. The highest BCUT2D eigenvalue weighted by atomic mass is 32.2. The van der Waals surface area contributed by atoms with Gasteiger partial charge in [0.1, 0.15) is 5.25 Å². The molecule has 0 aliphatic heterocycles. The molecule has 0 aromatic rings. The third-order valence-corrected chi connectivity index (χ3v) is 1.60. The predicted molar refractivity (Wildman–Crippen MR) is 38.8 cm³/mol. The van der Waals surface area contributed by atoms with E-state index < -0.39 is 23.5 Å². The molecule has 0 aliphatic carbocycles. The van der Waals surface area contributed by atoms with Gasteiger partial charge in [-0.15, -0.1) is 0 Å². The predicted octanol–water partition coefficient (Wildman–Crippen LogP) is 0.193. The zero-order valence-electron chi connectivity index (χ0n) is 5.83. The highest BCUT2D eigenvalue weighted by molar-refractivity contribution is 7.95. The van der Waals surface area contributed by atoms with E-state index in [-0.39, 0.29) is 12.1 Å². The maximum atomic E-state index is 11.8. The average molecular weight is 181 g/mol. The summed E-state index contributed by atoms with van der Waals surface area (Å²) in [4.78, 5) is 20.7. The van der Waals surface area contributed by atoms with Crippen molar-refractivity contribution >= 4 is 24.0 Å². The number of nitrogens with one attached hydrogen (secondary N) is 1. The maximum Gasteiger partial charge on any atom is 0.305 e. The topological polar surface area (TPSA) is 66.4 Å². The van der Waals surface area contributed by atoms with Crippen molar-refractivity contribution in [3.63, 3.8) is 0 Å². The van der Waals surface area contributed by atoms with Gasteiger partial charge in [-0.1, -0.05) is 0 Å². The Labute approximate surface area is 67.5 Å². The van der Waals surface area contributed by atoms with E-state index in [2.05, 4.69) is 5.32 Å². The average Bonchev–Trinajstić information content (AvgIpc) is 1.98. The molecule has 1 unspecified atom stereocenters. The lowest BCUT2D eigenvalue weighted by molar-refractivity contribution is -0.138. The Balaban J connectivity index is 3.94. The van der Waals surface area contributed by atoms with Gasteiger partial charge < -0.3 is 10.4 Å². The summed E-state index contributed by atoms with van der Waals surface area (Å²) in [6.07, 6.45) is -0.499. The molecule has 0 rings (SSSR count). The van der Waals surface area contributed by atoms with E-state index in [0.717, 1.165) is 0 Å². The van der Waals surface area contributed by atoms with Gasteiger partial charge in [-0.2, -0.15) is 3.89 Å². The van der Waals surface area contributed by atoms with Crippen molar-refractivity contribution in [3.05, 3.63) is 0 Å². The number of amides is 1. The van der Waals surface area contributed by atoms with E-state index in [4.69, 9.17) is 5.11 Å². The van der Waals surface area contributed by atoms with Crippen LogP contribution in [0.1, 0.15) is 6.42 Å². The molecule has 11 heavy (non-hydrogen) atoms. The summed E-state index contributed by atoms with van der Waals surface area (Å²) in [5.41, 5.74) is 0. The molecule has 4 nitrogen and oxygen atoms in total. The number of carbonyl (C=O) groups is 2. The van der Waals surface area contributed by atoms with Crippen molar-refractivity contribution in [3.8, 4) is 0 Å². The number of rotatable bonds is 4. The quantitative estimate of drug-likeness (QED) is 0.650. The van der Waals surface area contributed by atoms with E-state index >= 15 is 0 Å². The third-order valence-electron chi connectivity index (χ3n) is 1.01. The van der Waals surface area contributed by atoms with Crippen LogP contribution in [-0.2, 0) is 9.59 Å². The summed E-state index contributed by atoms with van der Waals surface area (Å²) in [5, 5.41) is 9.22. The highest BCUT2D eigenvalue weighted by Crippen LogP contribution is 2.15. The molecule has 2 N–H and O–H groups in total. The van der Waals surface area contributed by atoms with Crippen LogP contribution in [0.4, 0.5) is 3.89 Å². The number of halogens is 1. The molecule has 0 saturated heterocycles. The fourth-order valence-corrected chi connectivity index (χ4v) is 0.889. The van der Waals surface area contributed by atoms with E-state index in [1.165, 1.54) is 7.05 Å². The molecule has 0 aromatic heterocycles. The van der Waals surface area contributed by atoms with Gasteiger partial charge in [0, 0.05) is 7.05 Å². The van der Waals surface area contributed by atoms with Crippen LogP contribution in [-0.4, -0.2) is 29.3 Å². The molecule has 1 atom stereocenters. The van der Waals surface area contributed by atoms with Gasteiger partial charge in [-0.05, 0) is 0 Å². The lowest BCUT2D eigenvalue weighted by Gasteiger charge is -2.05. The first-order valence-corrected chi connectivity index (χ1v) is 3.60. The van der Waals surface area contributed by atoms with Gasteiger partial charge in [0.05, 0.1) is 18.6 Å². The molecule has 1 amide bonds. The summed E-state index contributed by atoms with van der Waals surface area (Å²) in [7, 11) is 1.33. The minimum absolute atomic E-state index is 0.262. The summed E-state index contributed by atoms with van der Waals surface area (Å²) < 4.78 is 11.8. The Kier molecular flexibility index (Phi) is 4.60. The van der Waals surface area contributed by atoms with Crippen LogP contribution >= 0.6 is 12.1 Å². The van der Waals surface area contributed by atoms with Crippen molar-refractivity contribution in [1.29, 1.82) is 0 Å². The Bertz CT molecular complexity index is 164. The minimum Gasteiger partial charge on any atom is -0.481 e. The lowest BCUT2D eigenvalue weighted by atomic mass is 10.3. The van der Waals surface area contributed by atoms with Gasteiger partial charge in [0.25, 0.3) is 0 Å². The second-order valence-corrected chi connectivity index (χ2v) is 2.54. The van der Waals surface area contributed by atoms with Crippen LogP contribution in [0.5, 0.6) is 0 Å². The molecule has 0 bridgehead atoms. The third kappa shape index (κ3) is 3.82. The Morgan fingerprint density at radius 3 is 2.55 bits per heavy atom.